The van der Waals surface area contributed by atoms with Crippen molar-refractivity contribution in [3.8, 4) is 5.75 Å². The maximum atomic E-state index is 5.70. The van der Waals surface area contributed by atoms with E-state index >= 15 is 0 Å². The Hall–Kier alpha value is -1.02. The maximum absolute atomic E-state index is 5.70. The summed E-state index contributed by atoms with van der Waals surface area (Å²) in [5.41, 5.74) is 8.02. The van der Waals surface area contributed by atoms with Gasteiger partial charge in [0.2, 0.25) is 0 Å². The zero-order valence-electron chi connectivity index (χ0n) is 9.21. The maximum Gasteiger partial charge on any atom is 0.122 e. The second-order valence-electron chi connectivity index (χ2n) is 3.82. The molecule has 0 aliphatic carbocycles. The van der Waals surface area contributed by atoms with Gasteiger partial charge < -0.3 is 10.5 Å². The summed E-state index contributed by atoms with van der Waals surface area (Å²) in [5.74, 6) is 0.969. The normalized spacial score (nSPS) is 10.6. The van der Waals surface area contributed by atoms with E-state index in [1.54, 1.807) is 0 Å². The van der Waals surface area contributed by atoms with Crippen LogP contribution in [0.5, 0.6) is 5.75 Å². The third-order valence-corrected chi connectivity index (χ3v) is 1.99. The minimum atomic E-state index is 0.217. The van der Waals surface area contributed by atoms with Crippen molar-refractivity contribution < 1.29 is 4.74 Å². The van der Waals surface area contributed by atoms with Crippen LogP contribution in [0.4, 0.5) is 0 Å². The molecule has 0 fully saturated rings. The highest BCUT2D eigenvalue weighted by Gasteiger charge is 2.04. The quantitative estimate of drug-likeness (QED) is 0.796. The van der Waals surface area contributed by atoms with E-state index in [1.807, 2.05) is 19.9 Å². The predicted octanol–water partition coefficient (Wildman–Crippen LogP) is 2.28. The topological polar surface area (TPSA) is 35.2 Å². The second-order valence-corrected chi connectivity index (χ2v) is 3.82. The third kappa shape index (κ3) is 3.04. The lowest BCUT2D eigenvalue weighted by molar-refractivity contribution is 0.240. The van der Waals surface area contributed by atoms with Crippen molar-refractivity contribution in [2.45, 2.75) is 33.3 Å². The second kappa shape index (κ2) is 5.01. The van der Waals surface area contributed by atoms with E-state index < -0.39 is 0 Å². The third-order valence-electron chi connectivity index (χ3n) is 1.99. The zero-order chi connectivity index (χ0) is 10.6. The van der Waals surface area contributed by atoms with Crippen LogP contribution in [0.15, 0.2) is 18.2 Å². The Morgan fingerprint density at radius 2 is 2.07 bits per heavy atom. The Balaban J connectivity index is 2.89. The molecule has 0 atom stereocenters. The molecule has 0 spiro atoms. The standard InChI is InChI=1S/C12H19NO/c1-9(2)14-12-5-4-10(3)8-11(12)6-7-13/h4-5,8-9H,6-7,13H2,1-3H3. The number of rotatable bonds is 4. The van der Waals surface area contributed by atoms with Gasteiger partial charge in [-0.1, -0.05) is 17.7 Å². The molecule has 2 N–H and O–H groups in total. The van der Waals surface area contributed by atoms with Crippen molar-refractivity contribution in [1.29, 1.82) is 0 Å². The fraction of sp³-hybridized carbons (Fsp3) is 0.500. The van der Waals surface area contributed by atoms with Gasteiger partial charge >= 0.3 is 0 Å². The molecule has 1 aromatic rings. The first kappa shape index (κ1) is 11.1. The minimum Gasteiger partial charge on any atom is -0.491 e. The highest BCUT2D eigenvalue weighted by molar-refractivity contribution is 5.37. The van der Waals surface area contributed by atoms with Crippen LogP contribution in [-0.2, 0) is 6.42 Å². The van der Waals surface area contributed by atoms with Crippen LogP contribution in [-0.4, -0.2) is 12.6 Å². The smallest absolute Gasteiger partial charge is 0.122 e. The zero-order valence-corrected chi connectivity index (χ0v) is 9.21. The Morgan fingerprint density at radius 1 is 1.36 bits per heavy atom. The number of nitrogens with two attached hydrogens (primary N) is 1. The van der Waals surface area contributed by atoms with Crippen LogP contribution in [0, 0.1) is 6.92 Å². The van der Waals surface area contributed by atoms with Crippen LogP contribution >= 0.6 is 0 Å². The average Bonchev–Trinajstić information content (AvgIpc) is 2.09. The Labute approximate surface area is 86.1 Å². The molecule has 0 amide bonds. The predicted molar refractivity (Wildman–Crippen MR) is 59.7 cm³/mol. The first-order valence-corrected chi connectivity index (χ1v) is 5.09. The van der Waals surface area contributed by atoms with Crippen LogP contribution in [0.25, 0.3) is 0 Å². The molecule has 0 bridgehead atoms. The number of ether oxygens (including phenoxy) is 1. The fourth-order valence-electron chi connectivity index (χ4n) is 1.43. The summed E-state index contributed by atoms with van der Waals surface area (Å²) in [6.07, 6.45) is 1.10. The summed E-state index contributed by atoms with van der Waals surface area (Å²) < 4.78 is 5.70. The molecule has 0 saturated heterocycles. The van der Waals surface area contributed by atoms with Crippen molar-refractivity contribution in [1.82, 2.24) is 0 Å². The number of aryl methyl sites for hydroxylation is 1. The SMILES string of the molecule is Cc1ccc(OC(C)C)c(CCN)c1. The molecule has 1 aromatic carbocycles. The summed E-state index contributed by atoms with van der Waals surface area (Å²) >= 11 is 0. The van der Waals surface area contributed by atoms with Crippen molar-refractivity contribution in [2.75, 3.05) is 6.54 Å². The monoisotopic (exact) mass is 193 g/mol. The molecule has 2 heteroatoms. The molecule has 0 radical (unpaired) electrons. The molecular formula is C12H19NO. The van der Waals surface area contributed by atoms with Gasteiger partial charge in [-0.15, -0.1) is 0 Å². The molecule has 0 unspecified atom stereocenters. The highest BCUT2D eigenvalue weighted by atomic mass is 16.5. The molecule has 0 aliphatic heterocycles. The van der Waals surface area contributed by atoms with Gasteiger partial charge in [-0.05, 0) is 45.4 Å². The van der Waals surface area contributed by atoms with E-state index in [1.165, 1.54) is 11.1 Å². The van der Waals surface area contributed by atoms with E-state index in [4.69, 9.17) is 10.5 Å². The van der Waals surface area contributed by atoms with Crippen molar-refractivity contribution in [3.63, 3.8) is 0 Å². The molecular weight excluding hydrogens is 174 g/mol. The van der Waals surface area contributed by atoms with E-state index in [0.29, 0.717) is 6.54 Å². The van der Waals surface area contributed by atoms with E-state index in [2.05, 4.69) is 19.1 Å². The number of benzene rings is 1. The summed E-state index contributed by atoms with van der Waals surface area (Å²) in [7, 11) is 0. The lowest BCUT2D eigenvalue weighted by atomic mass is 10.1. The molecule has 14 heavy (non-hydrogen) atoms. The van der Waals surface area contributed by atoms with Crippen LogP contribution < -0.4 is 10.5 Å². The van der Waals surface area contributed by atoms with Crippen molar-refractivity contribution >= 4 is 0 Å². The van der Waals surface area contributed by atoms with E-state index in [9.17, 15) is 0 Å². The van der Waals surface area contributed by atoms with Crippen LogP contribution in [0.2, 0.25) is 0 Å². The van der Waals surface area contributed by atoms with Crippen molar-refractivity contribution in [2.24, 2.45) is 5.73 Å². The van der Waals surface area contributed by atoms with Gasteiger partial charge in [-0.3, -0.25) is 0 Å². The van der Waals surface area contributed by atoms with Gasteiger partial charge in [0.1, 0.15) is 5.75 Å². The molecule has 0 aromatic heterocycles. The lowest BCUT2D eigenvalue weighted by Gasteiger charge is -2.14. The van der Waals surface area contributed by atoms with Gasteiger partial charge in [-0.25, -0.2) is 0 Å². The lowest BCUT2D eigenvalue weighted by Crippen LogP contribution is -2.10. The Bertz CT molecular complexity index is 294. The number of hydrogen-bond donors (Lipinski definition) is 1. The molecule has 2 nitrogen and oxygen atoms in total. The number of hydrogen-bond acceptors (Lipinski definition) is 2. The first-order chi connectivity index (χ1) is 6.63. The summed E-state index contributed by atoms with van der Waals surface area (Å²) in [6.45, 7) is 6.81. The van der Waals surface area contributed by atoms with E-state index in [-0.39, 0.29) is 6.10 Å². The van der Waals surface area contributed by atoms with Crippen molar-refractivity contribution in [3.05, 3.63) is 29.3 Å². The summed E-state index contributed by atoms with van der Waals surface area (Å²) in [4.78, 5) is 0. The summed E-state index contributed by atoms with van der Waals surface area (Å²) in [5, 5.41) is 0. The molecule has 1 rings (SSSR count). The van der Waals surface area contributed by atoms with Crippen LogP contribution in [0.1, 0.15) is 25.0 Å². The summed E-state index contributed by atoms with van der Waals surface area (Å²) in [6, 6.07) is 6.24. The fourth-order valence-corrected chi connectivity index (χ4v) is 1.43. The molecule has 0 heterocycles. The minimum absolute atomic E-state index is 0.217. The van der Waals surface area contributed by atoms with Crippen LogP contribution in [0.3, 0.4) is 0 Å². The molecule has 0 aliphatic rings. The van der Waals surface area contributed by atoms with Gasteiger partial charge in [0.05, 0.1) is 6.10 Å². The molecule has 78 valence electrons. The van der Waals surface area contributed by atoms with Gasteiger partial charge in [-0.2, -0.15) is 0 Å². The highest BCUT2D eigenvalue weighted by Crippen LogP contribution is 2.21. The van der Waals surface area contributed by atoms with Gasteiger partial charge in [0, 0.05) is 0 Å². The Kier molecular flexibility index (Phi) is 3.96. The van der Waals surface area contributed by atoms with Gasteiger partial charge in [0.15, 0.2) is 0 Å². The van der Waals surface area contributed by atoms with Gasteiger partial charge in [0.25, 0.3) is 0 Å². The average molecular weight is 193 g/mol. The molecule has 0 saturated carbocycles. The van der Waals surface area contributed by atoms with E-state index in [0.717, 1.165) is 12.2 Å². The largest absolute Gasteiger partial charge is 0.491 e. The first-order valence-electron chi connectivity index (χ1n) is 5.09. The Morgan fingerprint density at radius 3 is 2.64 bits per heavy atom.